The van der Waals surface area contributed by atoms with Gasteiger partial charge in [-0.15, -0.1) is 0 Å². The third kappa shape index (κ3) is 2.38. The number of anilines is 1. The quantitative estimate of drug-likeness (QED) is 0.919. The molecular weight excluding hydrogens is 250 g/mol. The second-order valence-electron chi connectivity index (χ2n) is 6.05. The molecule has 1 saturated carbocycles. The first-order chi connectivity index (χ1) is 9.90. The Labute approximate surface area is 119 Å². The number of hydrogen-bond donors (Lipinski definition) is 1. The molecule has 1 saturated heterocycles. The van der Waals surface area contributed by atoms with Gasteiger partial charge in [0.2, 0.25) is 0 Å². The fourth-order valence-corrected chi connectivity index (χ4v) is 3.13. The SMILES string of the molecule is c1cn2nccc2c(N2CCCC(CNC3CC3)C2)n1. The monoisotopic (exact) mass is 271 g/mol. The van der Waals surface area contributed by atoms with Gasteiger partial charge in [0.1, 0.15) is 5.52 Å². The maximum absolute atomic E-state index is 4.59. The molecule has 1 unspecified atom stereocenters. The zero-order chi connectivity index (χ0) is 13.4. The molecule has 0 radical (unpaired) electrons. The molecule has 4 rings (SSSR count). The van der Waals surface area contributed by atoms with E-state index in [4.69, 9.17) is 0 Å². The van der Waals surface area contributed by atoms with Crippen LogP contribution >= 0.6 is 0 Å². The van der Waals surface area contributed by atoms with Crippen LogP contribution in [0, 0.1) is 5.92 Å². The first kappa shape index (κ1) is 12.1. The number of fused-ring (bicyclic) bond motifs is 1. The van der Waals surface area contributed by atoms with E-state index in [1.165, 1.54) is 25.7 Å². The standard InChI is InChI=1S/C15H21N5/c1-2-12(10-17-13-3-4-13)11-19(8-1)15-14-5-6-18-20(14)9-7-16-15/h5-7,9,12-13,17H,1-4,8,10-11H2. The summed E-state index contributed by atoms with van der Waals surface area (Å²) in [5.41, 5.74) is 1.11. The summed E-state index contributed by atoms with van der Waals surface area (Å²) in [6, 6.07) is 2.86. The highest BCUT2D eigenvalue weighted by molar-refractivity contribution is 5.68. The minimum Gasteiger partial charge on any atom is -0.355 e. The fraction of sp³-hybridized carbons (Fsp3) is 0.600. The van der Waals surface area contributed by atoms with E-state index in [1.807, 2.05) is 29.2 Å². The number of aromatic nitrogens is 3. The topological polar surface area (TPSA) is 45.5 Å². The van der Waals surface area contributed by atoms with Crippen LogP contribution in [0.3, 0.4) is 0 Å². The smallest absolute Gasteiger partial charge is 0.154 e. The number of nitrogens with zero attached hydrogens (tertiary/aromatic N) is 4. The third-order valence-corrected chi connectivity index (χ3v) is 4.40. The highest BCUT2D eigenvalue weighted by Crippen LogP contribution is 2.25. The largest absolute Gasteiger partial charge is 0.355 e. The van der Waals surface area contributed by atoms with E-state index in [9.17, 15) is 0 Å². The average Bonchev–Trinajstić information content (AvgIpc) is 3.20. The Kier molecular flexibility index (Phi) is 3.07. The van der Waals surface area contributed by atoms with Gasteiger partial charge < -0.3 is 10.2 Å². The first-order valence-electron chi connectivity index (χ1n) is 7.67. The van der Waals surface area contributed by atoms with Gasteiger partial charge in [0.05, 0.1) is 6.20 Å². The van der Waals surface area contributed by atoms with Gasteiger partial charge in [-0.1, -0.05) is 0 Å². The number of rotatable bonds is 4. The molecule has 0 aromatic carbocycles. The molecule has 1 aliphatic heterocycles. The zero-order valence-electron chi connectivity index (χ0n) is 11.7. The summed E-state index contributed by atoms with van der Waals surface area (Å²) >= 11 is 0. The van der Waals surface area contributed by atoms with Crippen molar-refractivity contribution in [3.05, 3.63) is 24.7 Å². The molecule has 20 heavy (non-hydrogen) atoms. The predicted octanol–water partition coefficient (Wildman–Crippen LogP) is 1.70. The Morgan fingerprint density at radius 3 is 3.10 bits per heavy atom. The second kappa shape index (κ2) is 5.05. The molecule has 1 N–H and O–H groups in total. The molecule has 2 aromatic rings. The maximum atomic E-state index is 4.59. The molecule has 1 atom stereocenters. The normalized spacial score (nSPS) is 23.4. The summed E-state index contributed by atoms with van der Waals surface area (Å²) in [7, 11) is 0. The summed E-state index contributed by atoms with van der Waals surface area (Å²) in [6.07, 6.45) is 10.9. The Balaban J connectivity index is 1.50. The van der Waals surface area contributed by atoms with E-state index in [-0.39, 0.29) is 0 Å². The molecule has 0 spiro atoms. The second-order valence-corrected chi connectivity index (χ2v) is 6.05. The number of hydrogen-bond acceptors (Lipinski definition) is 4. The summed E-state index contributed by atoms with van der Waals surface area (Å²) in [6.45, 7) is 3.37. The van der Waals surface area contributed by atoms with Crippen molar-refractivity contribution in [1.82, 2.24) is 19.9 Å². The van der Waals surface area contributed by atoms with Crippen molar-refractivity contribution in [2.75, 3.05) is 24.5 Å². The van der Waals surface area contributed by atoms with Gasteiger partial charge >= 0.3 is 0 Å². The molecule has 0 bridgehead atoms. The molecule has 5 nitrogen and oxygen atoms in total. The van der Waals surface area contributed by atoms with Crippen LogP contribution in [0.2, 0.25) is 0 Å². The van der Waals surface area contributed by atoms with Crippen molar-refractivity contribution in [3.63, 3.8) is 0 Å². The van der Waals surface area contributed by atoms with Gasteiger partial charge in [-0.2, -0.15) is 5.10 Å². The van der Waals surface area contributed by atoms with E-state index >= 15 is 0 Å². The Bertz CT molecular complexity index is 589. The van der Waals surface area contributed by atoms with Crippen LogP contribution in [0.5, 0.6) is 0 Å². The van der Waals surface area contributed by atoms with Gasteiger partial charge in [0, 0.05) is 31.5 Å². The first-order valence-corrected chi connectivity index (χ1v) is 7.67. The van der Waals surface area contributed by atoms with Crippen molar-refractivity contribution in [2.45, 2.75) is 31.7 Å². The van der Waals surface area contributed by atoms with E-state index in [1.54, 1.807) is 0 Å². The van der Waals surface area contributed by atoms with Crippen LogP contribution in [0.25, 0.3) is 5.52 Å². The molecular formula is C15H21N5. The van der Waals surface area contributed by atoms with E-state index in [0.29, 0.717) is 0 Å². The molecule has 0 amide bonds. The van der Waals surface area contributed by atoms with Crippen molar-refractivity contribution in [2.24, 2.45) is 5.92 Å². The lowest BCUT2D eigenvalue weighted by molar-refractivity contribution is 0.390. The molecule has 106 valence electrons. The molecule has 2 aliphatic rings. The summed E-state index contributed by atoms with van der Waals surface area (Å²) in [4.78, 5) is 7.02. The number of nitrogens with one attached hydrogen (secondary N) is 1. The molecule has 2 fully saturated rings. The minimum absolute atomic E-state index is 0.745. The summed E-state index contributed by atoms with van der Waals surface area (Å²) in [5.74, 6) is 1.83. The van der Waals surface area contributed by atoms with Crippen molar-refractivity contribution >= 4 is 11.3 Å². The molecule has 3 heterocycles. The maximum Gasteiger partial charge on any atom is 0.154 e. The van der Waals surface area contributed by atoms with E-state index in [2.05, 4.69) is 20.3 Å². The predicted molar refractivity (Wildman–Crippen MR) is 78.9 cm³/mol. The van der Waals surface area contributed by atoms with Crippen molar-refractivity contribution in [3.8, 4) is 0 Å². The van der Waals surface area contributed by atoms with Crippen LogP contribution in [0.1, 0.15) is 25.7 Å². The van der Waals surface area contributed by atoms with Crippen LogP contribution in [0.4, 0.5) is 5.82 Å². The van der Waals surface area contributed by atoms with E-state index < -0.39 is 0 Å². The number of piperidine rings is 1. The Morgan fingerprint density at radius 1 is 1.25 bits per heavy atom. The van der Waals surface area contributed by atoms with Crippen LogP contribution < -0.4 is 10.2 Å². The lowest BCUT2D eigenvalue weighted by atomic mass is 9.98. The fourth-order valence-electron chi connectivity index (χ4n) is 3.13. The third-order valence-electron chi connectivity index (χ3n) is 4.40. The summed E-state index contributed by atoms with van der Waals surface area (Å²) in [5, 5.41) is 7.96. The van der Waals surface area contributed by atoms with Crippen LogP contribution in [-0.2, 0) is 0 Å². The zero-order valence-corrected chi connectivity index (χ0v) is 11.7. The highest BCUT2D eigenvalue weighted by Gasteiger charge is 2.25. The Morgan fingerprint density at radius 2 is 2.20 bits per heavy atom. The van der Waals surface area contributed by atoms with Crippen LogP contribution in [-0.4, -0.2) is 40.3 Å². The van der Waals surface area contributed by atoms with Crippen molar-refractivity contribution in [1.29, 1.82) is 0 Å². The molecule has 1 aliphatic carbocycles. The lowest BCUT2D eigenvalue weighted by Crippen LogP contribution is -2.40. The molecule has 2 aromatic heterocycles. The van der Waals surface area contributed by atoms with E-state index in [0.717, 1.165) is 42.9 Å². The van der Waals surface area contributed by atoms with Gasteiger partial charge in [-0.25, -0.2) is 9.50 Å². The van der Waals surface area contributed by atoms with Gasteiger partial charge in [0.15, 0.2) is 5.82 Å². The van der Waals surface area contributed by atoms with Gasteiger partial charge in [-0.3, -0.25) is 0 Å². The van der Waals surface area contributed by atoms with Crippen LogP contribution in [0.15, 0.2) is 24.7 Å². The van der Waals surface area contributed by atoms with Crippen molar-refractivity contribution < 1.29 is 0 Å². The Hall–Kier alpha value is -1.62. The summed E-state index contributed by atoms with van der Waals surface area (Å²) < 4.78 is 1.91. The molecule has 5 heteroatoms. The highest BCUT2D eigenvalue weighted by atomic mass is 15.3. The van der Waals surface area contributed by atoms with Gasteiger partial charge in [-0.05, 0) is 44.2 Å². The van der Waals surface area contributed by atoms with Gasteiger partial charge in [0.25, 0.3) is 0 Å². The minimum atomic E-state index is 0.745. The average molecular weight is 271 g/mol. The lowest BCUT2D eigenvalue weighted by Gasteiger charge is -2.34.